The Kier molecular flexibility index (Phi) is 6.04. The monoisotopic (exact) mass is 455 g/mol. The average molecular weight is 455 g/mol. The predicted molar refractivity (Wildman–Crippen MR) is 114 cm³/mol. The summed E-state index contributed by atoms with van der Waals surface area (Å²) in [5.74, 6) is -0.888. The second kappa shape index (κ2) is 8.93. The lowest BCUT2D eigenvalue weighted by Gasteiger charge is -2.21. The number of rotatable bonds is 6. The van der Waals surface area contributed by atoms with Gasteiger partial charge in [0, 0.05) is 18.9 Å². The van der Waals surface area contributed by atoms with Crippen molar-refractivity contribution >= 4 is 17.6 Å². The molecule has 0 saturated carbocycles. The minimum atomic E-state index is -4.83. The predicted octanol–water partition coefficient (Wildman–Crippen LogP) is 4.93. The number of imide groups is 1. The van der Waals surface area contributed by atoms with Gasteiger partial charge in [-0.05, 0) is 60.4 Å². The van der Waals surface area contributed by atoms with Crippen molar-refractivity contribution in [3.8, 4) is 5.75 Å². The number of amides is 3. The molecule has 4 rings (SSSR count). The lowest BCUT2D eigenvalue weighted by molar-refractivity contribution is -0.274. The Morgan fingerprint density at radius 1 is 0.970 bits per heavy atom. The number of urea groups is 1. The molecule has 1 aromatic heterocycles. The van der Waals surface area contributed by atoms with Crippen LogP contribution in [0.4, 0.5) is 23.7 Å². The molecule has 1 aliphatic heterocycles. The number of anilines is 1. The van der Waals surface area contributed by atoms with Crippen molar-refractivity contribution in [2.24, 2.45) is 0 Å². The molecule has 0 N–H and O–H groups in total. The standard InChI is InChI=1S/C24H20F3N3O3/c1-16-22(31)30(20-7-9-21(10-8-20)33-24(25,26)27)23(32)29(16)15-18-11-12-28-14-19(18)13-17-5-3-2-4-6-17/h2-12,14,16H,13,15H2,1H3. The van der Waals surface area contributed by atoms with Crippen molar-refractivity contribution in [2.45, 2.75) is 32.3 Å². The molecule has 1 saturated heterocycles. The summed E-state index contributed by atoms with van der Waals surface area (Å²) in [4.78, 5) is 32.6. The number of hydrogen-bond acceptors (Lipinski definition) is 4. The first-order valence-corrected chi connectivity index (χ1v) is 10.2. The van der Waals surface area contributed by atoms with Crippen LogP contribution in [0.5, 0.6) is 5.75 Å². The molecule has 2 aromatic carbocycles. The average Bonchev–Trinajstić information content (AvgIpc) is 2.98. The first kappa shape index (κ1) is 22.3. The van der Waals surface area contributed by atoms with E-state index in [2.05, 4.69) is 9.72 Å². The molecule has 1 fully saturated rings. The van der Waals surface area contributed by atoms with Crippen LogP contribution in [0.2, 0.25) is 0 Å². The van der Waals surface area contributed by atoms with E-state index >= 15 is 0 Å². The van der Waals surface area contributed by atoms with Crippen molar-refractivity contribution in [1.82, 2.24) is 9.88 Å². The van der Waals surface area contributed by atoms with E-state index in [-0.39, 0.29) is 12.2 Å². The van der Waals surface area contributed by atoms with Crippen molar-refractivity contribution in [3.63, 3.8) is 0 Å². The maximum Gasteiger partial charge on any atom is 0.573 e. The fourth-order valence-electron chi connectivity index (χ4n) is 3.72. The number of alkyl halides is 3. The van der Waals surface area contributed by atoms with Crippen LogP contribution in [0.15, 0.2) is 73.1 Å². The maximum atomic E-state index is 13.1. The highest BCUT2D eigenvalue weighted by Crippen LogP contribution is 2.30. The highest BCUT2D eigenvalue weighted by molar-refractivity contribution is 6.21. The number of pyridine rings is 1. The highest BCUT2D eigenvalue weighted by atomic mass is 19.4. The van der Waals surface area contributed by atoms with E-state index in [1.54, 1.807) is 19.3 Å². The van der Waals surface area contributed by atoms with Crippen LogP contribution in [0.1, 0.15) is 23.6 Å². The topological polar surface area (TPSA) is 62.7 Å². The van der Waals surface area contributed by atoms with E-state index in [9.17, 15) is 22.8 Å². The summed E-state index contributed by atoms with van der Waals surface area (Å²) in [6.07, 6.45) is -0.826. The molecule has 0 bridgehead atoms. The van der Waals surface area contributed by atoms with Gasteiger partial charge >= 0.3 is 12.4 Å². The van der Waals surface area contributed by atoms with Gasteiger partial charge < -0.3 is 9.64 Å². The van der Waals surface area contributed by atoms with E-state index < -0.39 is 30.1 Å². The Labute approximate surface area is 188 Å². The fraction of sp³-hybridized carbons (Fsp3) is 0.208. The number of carbonyl (C=O) groups is 2. The van der Waals surface area contributed by atoms with E-state index in [1.165, 1.54) is 17.0 Å². The second-order valence-electron chi connectivity index (χ2n) is 7.61. The van der Waals surface area contributed by atoms with Crippen LogP contribution < -0.4 is 9.64 Å². The molecule has 9 heteroatoms. The molecule has 3 amide bonds. The van der Waals surface area contributed by atoms with E-state index in [4.69, 9.17) is 0 Å². The number of hydrogen-bond donors (Lipinski definition) is 0. The summed E-state index contributed by atoms with van der Waals surface area (Å²) in [6.45, 7) is 1.82. The summed E-state index contributed by atoms with van der Waals surface area (Å²) in [7, 11) is 0. The number of halogens is 3. The largest absolute Gasteiger partial charge is 0.573 e. The Bertz CT molecular complexity index is 1150. The Balaban J connectivity index is 1.54. The van der Waals surface area contributed by atoms with Crippen LogP contribution in [-0.2, 0) is 17.8 Å². The second-order valence-corrected chi connectivity index (χ2v) is 7.61. The van der Waals surface area contributed by atoms with Gasteiger partial charge in [-0.15, -0.1) is 13.2 Å². The van der Waals surface area contributed by atoms with Gasteiger partial charge in [0.15, 0.2) is 0 Å². The third-order valence-corrected chi connectivity index (χ3v) is 5.39. The third kappa shape index (κ3) is 4.97. The van der Waals surface area contributed by atoms with Gasteiger partial charge in [-0.1, -0.05) is 30.3 Å². The van der Waals surface area contributed by atoms with E-state index in [1.807, 2.05) is 36.4 Å². The van der Waals surface area contributed by atoms with Crippen molar-refractivity contribution in [1.29, 1.82) is 0 Å². The van der Waals surface area contributed by atoms with Crippen molar-refractivity contribution < 1.29 is 27.5 Å². The Morgan fingerprint density at radius 2 is 1.67 bits per heavy atom. The minimum absolute atomic E-state index is 0.174. The Hall–Kier alpha value is -3.88. The highest BCUT2D eigenvalue weighted by Gasteiger charge is 2.43. The number of benzene rings is 2. The van der Waals surface area contributed by atoms with Crippen molar-refractivity contribution in [3.05, 3.63) is 89.7 Å². The SMILES string of the molecule is CC1C(=O)N(c2ccc(OC(F)(F)F)cc2)C(=O)N1Cc1ccncc1Cc1ccccc1. The number of aromatic nitrogens is 1. The molecule has 0 aliphatic carbocycles. The van der Waals surface area contributed by atoms with Crippen LogP contribution in [0.25, 0.3) is 0 Å². The van der Waals surface area contributed by atoms with Gasteiger partial charge in [-0.3, -0.25) is 9.78 Å². The molecule has 0 radical (unpaired) electrons. The van der Waals surface area contributed by atoms with Crippen molar-refractivity contribution in [2.75, 3.05) is 4.90 Å². The van der Waals surface area contributed by atoms with Crippen LogP contribution in [0, 0.1) is 0 Å². The normalized spacial score (nSPS) is 16.4. The quantitative estimate of drug-likeness (QED) is 0.495. The zero-order chi connectivity index (χ0) is 23.6. The summed E-state index contributed by atoms with van der Waals surface area (Å²) in [6, 6.07) is 15.0. The van der Waals surface area contributed by atoms with Gasteiger partial charge in [0.25, 0.3) is 5.91 Å². The molecule has 1 atom stereocenters. The first-order valence-electron chi connectivity index (χ1n) is 10.2. The van der Waals surface area contributed by atoms with Gasteiger partial charge in [-0.25, -0.2) is 9.69 Å². The zero-order valence-corrected chi connectivity index (χ0v) is 17.6. The van der Waals surface area contributed by atoms with E-state index in [0.29, 0.717) is 6.42 Å². The number of ether oxygens (including phenoxy) is 1. The van der Waals surface area contributed by atoms with Crippen LogP contribution >= 0.6 is 0 Å². The number of carbonyl (C=O) groups excluding carboxylic acids is 2. The molecule has 2 heterocycles. The third-order valence-electron chi connectivity index (χ3n) is 5.39. The molecule has 33 heavy (non-hydrogen) atoms. The molecular weight excluding hydrogens is 435 g/mol. The molecule has 1 unspecified atom stereocenters. The van der Waals surface area contributed by atoms with Gasteiger partial charge in [0.1, 0.15) is 11.8 Å². The smallest absolute Gasteiger partial charge is 0.406 e. The molecule has 3 aromatic rings. The lowest BCUT2D eigenvalue weighted by Crippen LogP contribution is -2.33. The Morgan fingerprint density at radius 3 is 2.33 bits per heavy atom. The molecular formula is C24H20F3N3O3. The molecule has 170 valence electrons. The van der Waals surface area contributed by atoms with Gasteiger partial charge in [0.2, 0.25) is 0 Å². The summed E-state index contributed by atoms with van der Waals surface area (Å²) in [5, 5.41) is 0. The summed E-state index contributed by atoms with van der Waals surface area (Å²) in [5.41, 5.74) is 3.06. The lowest BCUT2D eigenvalue weighted by atomic mass is 10.0. The van der Waals surface area contributed by atoms with Crippen LogP contribution in [-0.4, -0.2) is 34.2 Å². The first-order chi connectivity index (χ1) is 15.7. The molecule has 1 aliphatic rings. The van der Waals surface area contributed by atoms with E-state index in [0.717, 1.165) is 33.7 Å². The van der Waals surface area contributed by atoms with Gasteiger partial charge in [-0.2, -0.15) is 0 Å². The van der Waals surface area contributed by atoms with Crippen LogP contribution in [0.3, 0.4) is 0 Å². The summed E-state index contributed by atoms with van der Waals surface area (Å²) < 4.78 is 41.0. The zero-order valence-electron chi connectivity index (χ0n) is 17.6. The maximum absolute atomic E-state index is 13.1. The number of nitrogens with zero attached hydrogens (tertiary/aromatic N) is 3. The molecule has 6 nitrogen and oxygen atoms in total. The minimum Gasteiger partial charge on any atom is -0.406 e. The van der Waals surface area contributed by atoms with Gasteiger partial charge in [0.05, 0.1) is 5.69 Å². The summed E-state index contributed by atoms with van der Waals surface area (Å²) >= 11 is 0. The molecule has 0 spiro atoms. The fourth-order valence-corrected chi connectivity index (χ4v) is 3.72.